The third kappa shape index (κ3) is 65.8. The molecule has 0 heterocycles. The summed E-state index contributed by atoms with van der Waals surface area (Å²) in [6.07, 6.45) is 70.4. The molecule has 0 aromatic rings. The average molecular weight is 1300 g/mol. The van der Waals surface area contributed by atoms with Crippen molar-refractivity contribution in [2.24, 2.45) is 0 Å². The van der Waals surface area contributed by atoms with Crippen LogP contribution in [0.5, 0.6) is 0 Å². The maximum atomic E-state index is 12.9. The Morgan fingerprint density at radius 1 is 0.326 bits per heavy atom. The SMILES string of the molecule is CC/C=C\C/C=C\C/C=C\C/C=C\CCCCCCC(=O)OCC(COP(=O)(O)OCC(O)COP(=O)(O)OCC(O)COC(=O)CCCCCCCCCCC/C=C\C/C=C\C/C=C\C/C=C\CCCCC)OC(=O)CCCCCCCCCCCCC. The van der Waals surface area contributed by atoms with Crippen molar-refractivity contribution >= 4 is 33.6 Å². The number of phosphoric acid groups is 2. The summed E-state index contributed by atoms with van der Waals surface area (Å²) in [5.74, 6) is -1.60. The standard InChI is InChI=1S/C71H124O16P2/c1-4-7-10-13-16-19-22-24-26-28-29-30-31-32-33-34-35-37-39-40-43-45-48-51-54-57-69(74)81-60-66(72)61-83-88(77,78)84-62-67(73)63-85-89(79,80)86-65-68(87-71(76)59-56-53-50-47-42-21-18-15-12-9-6-3)64-82-70(75)58-55-52-49-46-44-41-38-36-27-25-23-20-17-14-11-8-5-2/h8,11,16-17,19-20,24-27,29-30,32-33,38,41,66-68,72-73H,4-7,9-10,12-15,18,21-23,28,31,34-37,39-40,42-65H2,1-3H3,(H,77,78)(H,79,80)/b11-8-,19-16-,20-17-,26-24-,27-25-,30-29-,33-32-,41-38-. The summed E-state index contributed by atoms with van der Waals surface area (Å²) in [5, 5.41) is 20.5. The van der Waals surface area contributed by atoms with E-state index in [1.54, 1.807) is 0 Å². The van der Waals surface area contributed by atoms with Crippen LogP contribution in [0.4, 0.5) is 0 Å². The van der Waals surface area contributed by atoms with E-state index in [0.29, 0.717) is 19.3 Å². The molecule has 0 radical (unpaired) electrons. The Labute approximate surface area is 539 Å². The molecule has 0 saturated carbocycles. The highest BCUT2D eigenvalue weighted by atomic mass is 31.2. The molecule has 5 unspecified atom stereocenters. The van der Waals surface area contributed by atoms with Gasteiger partial charge in [0.25, 0.3) is 0 Å². The van der Waals surface area contributed by atoms with Gasteiger partial charge in [-0.3, -0.25) is 32.5 Å². The summed E-state index contributed by atoms with van der Waals surface area (Å²) < 4.78 is 60.8. The Bertz CT molecular complexity index is 2010. The molecule has 0 saturated heterocycles. The van der Waals surface area contributed by atoms with Crippen LogP contribution in [0, 0.1) is 0 Å². The first-order chi connectivity index (χ1) is 43.2. The Morgan fingerprint density at radius 3 is 0.966 bits per heavy atom. The zero-order chi connectivity index (χ0) is 65.3. The number of unbranched alkanes of at least 4 members (excludes halogenated alkanes) is 26. The Kier molecular flexibility index (Phi) is 62.0. The minimum Gasteiger partial charge on any atom is -0.463 e. The van der Waals surface area contributed by atoms with Gasteiger partial charge < -0.3 is 34.2 Å². The lowest BCUT2D eigenvalue weighted by Crippen LogP contribution is -2.30. The number of hydrogen-bond acceptors (Lipinski definition) is 14. The molecule has 0 bridgehead atoms. The number of ether oxygens (including phenoxy) is 3. The molecule has 0 aliphatic carbocycles. The lowest BCUT2D eigenvalue weighted by atomic mass is 10.1. The van der Waals surface area contributed by atoms with Crippen LogP contribution in [-0.2, 0) is 55.8 Å². The fraction of sp³-hybridized carbons (Fsp3) is 0.732. The number of allylic oxidation sites excluding steroid dienone is 16. The first-order valence-electron chi connectivity index (χ1n) is 34.5. The molecule has 514 valence electrons. The molecule has 0 aliphatic heterocycles. The van der Waals surface area contributed by atoms with Gasteiger partial charge in [-0.2, -0.15) is 0 Å². The van der Waals surface area contributed by atoms with E-state index in [0.717, 1.165) is 128 Å². The predicted molar refractivity (Wildman–Crippen MR) is 362 cm³/mol. The molecule has 0 amide bonds. The molecule has 16 nitrogen and oxygen atoms in total. The quantitative estimate of drug-likeness (QED) is 0.0146. The maximum absolute atomic E-state index is 12.9. The van der Waals surface area contributed by atoms with Crippen molar-refractivity contribution in [3.63, 3.8) is 0 Å². The molecular formula is C71H124O16P2. The van der Waals surface area contributed by atoms with E-state index in [4.69, 9.17) is 32.3 Å². The van der Waals surface area contributed by atoms with Crippen molar-refractivity contribution in [1.29, 1.82) is 0 Å². The molecule has 18 heteroatoms. The molecule has 0 rings (SSSR count). The van der Waals surface area contributed by atoms with Gasteiger partial charge in [-0.05, 0) is 103 Å². The van der Waals surface area contributed by atoms with Gasteiger partial charge >= 0.3 is 33.6 Å². The van der Waals surface area contributed by atoms with Crippen molar-refractivity contribution in [3.05, 3.63) is 97.2 Å². The predicted octanol–water partition coefficient (Wildman–Crippen LogP) is 19.1. The smallest absolute Gasteiger partial charge is 0.463 e. The van der Waals surface area contributed by atoms with Crippen molar-refractivity contribution in [2.45, 2.75) is 296 Å². The van der Waals surface area contributed by atoms with Crippen LogP contribution >= 0.6 is 15.6 Å². The summed E-state index contributed by atoms with van der Waals surface area (Å²) in [5.41, 5.74) is 0. The minimum absolute atomic E-state index is 0.100. The lowest BCUT2D eigenvalue weighted by molar-refractivity contribution is -0.161. The van der Waals surface area contributed by atoms with E-state index < -0.39 is 91.5 Å². The first-order valence-corrected chi connectivity index (χ1v) is 37.5. The molecule has 0 fully saturated rings. The zero-order valence-corrected chi connectivity index (χ0v) is 57.4. The fourth-order valence-electron chi connectivity index (χ4n) is 9.02. The lowest BCUT2D eigenvalue weighted by Gasteiger charge is -2.21. The average Bonchev–Trinajstić information content (AvgIpc) is 3.63. The number of aliphatic hydroxyl groups is 2. The number of rotatable bonds is 65. The van der Waals surface area contributed by atoms with Gasteiger partial charge in [0, 0.05) is 19.3 Å². The number of hydrogen-bond donors (Lipinski definition) is 4. The number of esters is 3. The number of carbonyl (C=O) groups is 3. The van der Waals surface area contributed by atoms with Crippen LogP contribution in [-0.4, -0.2) is 95.9 Å². The van der Waals surface area contributed by atoms with Crippen molar-refractivity contribution in [3.8, 4) is 0 Å². The minimum atomic E-state index is -4.92. The highest BCUT2D eigenvalue weighted by molar-refractivity contribution is 7.47. The number of carbonyl (C=O) groups excluding carboxylic acids is 3. The van der Waals surface area contributed by atoms with Crippen LogP contribution < -0.4 is 0 Å². The molecule has 5 atom stereocenters. The Hall–Kier alpha value is -3.53. The summed E-state index contributed by atoms with van der Waals surface area (Å²) in [4.78, 5) is 58.3. The van der Waals surface area contributed by atoms with Gasteiger partial charge in [0.15, 0.2) is 6.10 Å². The van der Waals surface area contributed by atoms with E-state index in [2.05, 4.69) is 118 Å². The highest BCUT2D eigenvalue weighted by Crippen LogP contribution is 2.45. The van der Waals surface area contributed by atoms with Crippen LogP contribution in [0.2, 0.25) is 0 Å². The molecule has 0 aliphatic rings. The molecule has 0 spiro atoms. The van der Waals surface area contributed by atoms with Gasteiger partial charge in [-0.25, -0.2) is 9.13 Å². The third-order valence-electron chi connectivity index (χ3n) is 14.3. The van der Waals surface area contributed by atoms with Gasteiger partial charge in [-0.15, -0.1) is 0 Å². The first kappa shape index (κ1) is 85.5. The van der Waals surface area contributed by atoms with Crippen molar-refractivity contribution < 1.29 is 75.8 Å². The van der Waals surface area contributed by atoms with Crippen LogP contribution in [0.3, 0.4) is 0 Å². The van der Waals surface area contributed by atoms with E-state index in [9.17, 15) is 43.5 Å². The van der Waals surface area contributed by atoms with E-state index in [1.165, 1.54) is 89.9 Å². The zero-order valence-electron chi connectivity index (χ0n) is 55.6. The third-order valence-corrected chi connectivity index (χ3v) is 16.2. The Balaban J connectivity index is 4.52. The monoisotopic (exact) mass is 1290 g/mol. The normalized spacial score (nSPS) is 14.8. The van der Waals surface area contributed by atoms with Gasteiger partial charge in [-0.1, -0.05) is 253 Å². The van der Waals surface area contributed by atoms with E-state index >= 15 is 0 Å². The number of phosphoric ester groups is 2. The van der Waals surface area contributed by atoms with E-state index in [-0.39, 0.29) is 19.3 Å². The summed E-state index contributed by atoms with van der Waals surface area (Å²) in [7, 11) is -9.77. The largest absolute Gasteiger partial charge is 0.472 e. The van der Waals surface area contributed by atoms with Crippen molar-refractivity contribution in [2.75, 3.05) is 39.6 Å². The van der Waals surface area contributed by atoms with Crippen LogP contribution in [0.15, 0.2) is 97.2 Å². The highest BCUT2D eigenvalue weighted by Gasteiger charge is 2.29. The second kappa shape index (κ2) is 64.6. The molecule has 89 heavy (non-hydrogen) atoms. The van der Waals surface area contributed by atoms with Crippen LogP contribution in [0.25, 0.3) is 0 Å². The molecule has 4 N–H and O–H groups in total. The summed E-state index contributed by atoms with van der Waals surface area (Å²) in [6, 6.07) is 0. The maximum Gasteiger partial charge on any atom is 0.472 e. The molecule has 0 aromatic heterocycles. The van der Waals surface area contributed by atoms with Gasteiger partial charge in [0.2, 0.25) is 0 Å². The second-order valence-electron chi connectivity index (χ2n) is 23.0. The van der Waals surface area contributed by atoms with Crippen molar-refractivity contribution in [1.82, 2.24) is 0 Å². The Morgan fingerprint density at radius 2 is 0.596 bits per heavy atom. The topological polar surface area (TPSA) is 231 Å². The van der Waals surface area contributed by atoms with Crippen LogP contribution in [0.1, 0.15) is 278 Å². The number of aliphatic hydroxyl groups excluding tert-OH is 2. The summed E-state index contributed by atoms with van der Waals surface area (Å²) in [6.45, 7) is 2.48. The molecular weight excluding hydrogens is 1170 g/mol. The fourth-order valence-corrected chi connectivity index (χ4v) is 10.6. The molecule has 0 aromatic carbocycles. The van der Waals surface area contributed by atoms with E-state index in [1.807, 2.05) is 0 Å². The second-order valence-corrected chi connectivity index (χ2v) is 25.9. The summed E-state index contributed by atoms with van der Waals surface area (Å²) >= 11 is 0. The van der Waals surface area contributed by atoms with Gasteiger partial charge in [0.1, 0.15) is 25.4 Å². The van der Waals surface area contributed by atoms with Gasteiger partial charge in [0.05, 0.1) is 26.4 Å².